The van der Waals surface area contributed by atoms with E-state index < -0.39 is 0 Å². The molecule has 2 fully saturated rings. The van der Waals surface area contributed by atoms with Crippen LogP contribution in [0, 0.1) is 5.92 Å². The van der Waals surface area contributed by atoms with E-state index in [9.17, 15) is 9.59 Å². The highest BCUT2D eigenvalue weighted by Crippen LogP contribution is 2.26. The van der Waals surface area contributed by atoms with Gasteiger partial charge >= 0.3 is 0 Å². The number of hydrogen-bond acceptors (Lipinski definition) is 4. The van der Waals surface area contributed by atoms with E-state index in [0.717, 1.165) is 52.0 Å². The normalized spacial score (nSPS) is 26.9. The Hall–Kier alpha value is -1.14. The van der Waals surface area contributed by atoms with Crippen LogP contribution in [0.25, 0.3) is 0 Å². The van der Waals surface area contributed by atoms with Crippen molar-refractivity contribution in [1.29, 1.82) is 0 Å². The first kappa shape index (κ1) is 16.2. The van der Waals surface area contributed by atoms with Crippen LogP contribution in [0.15, 0.2) is 0 Å². The Morgan fingerprint density at radius 2 is 1.90 bits per heavy atom. The van der Waals surface area contributed by atoms with Crippen molar-refractivity contribution < 1.29 is 9.59 Å². The number of nitrogens with one attached hydrogen (secondary N) is 1. The standard InChI is InChI=1S/C15H28N4O2/c1-12(20)19-9-7-18(8-10-19)6-5-17-15(21)11-13-3-2-4-14(13)16/h13-14H,2-11,16H2,1H3,(H,17,21)/t13-,14+/m0/s1. The zero-order chi connectivity index (χ0) is 15.2. The molecule has 1 aliphatic carbocycles. The molecule has 0 radical (unpaired) electrons. The summed E-state index contributed by atoms with van der Waals surface area (Å²) in [5, 5.41) is 2.99. The summed E-state index contributed by atoms with van der Waals surface area (Å²) in [4.78, 5) is 27.3. The molecule has 0 aromatic rings. The third-order valence-corrected chi connectivity index (χ3v) is 4.73. The predicted molar refractivity (Wildman–Crippen MR) is 81.6 cm³/mol. The van der Waals surface area contributed by atoms with Crippen molar-refractivity contribution in [3.05, 3.63) is 0 Å². The van der Waals surface area contributed by atoms with Crippen LogP contribution in [0.3, 0.4) is 0 Å². The fourth-order valence-corrected chi connectivity index (χ4v) is 3.27. The minimum Gasteiger partial charge on any atom is -0.355 e. The van der Waals surface area contributed by atoms with E-state index >= 15 is 0 Å². The summed E-state index contributed by atoms with van der Waals surface area (Å²) in [6.45, 7) is 6.52. The van der Waals surface area contributed by atoms with Gasteiger partial charge in [0.15, 0.2) is 0 Å². The van der Waals surface area contributed by atoms with Crippen molar-refractivity contribution in [1.82, 2.24) is 15.1 Å². The summed E-state index contributed by atoms with van der Waals surface area (Å²) in [6.07, 6.45) is 3.86. The van der Waals surface area contributed by atoms with Gasteiger partial charge in [0.1, 0.15) is 0 Å². The van der Waals surface area contributed by atoms with Gasteiger partial charge in [-0.15, -0.1) is 0 Å². The highest BCUT2D eigenvalue weighted by atomic mass is 16.2. The fraction of sp³-hybridized carbons (Fsp3) is 0.867. The molecule has 2 amide bonds. The smallest absolute Gasteiger partial charge is 0.220 e. The number of amides is 2. The van der Waals surface area contributed by atoms with E-state index in [2.05, 4.69) is 10.2 Å². The predicted octanol–water partition coefficient (Wildman–Crippen LogP) is -0.216. The van der Waals surface area contributed by atoms with E-state index in [4.69, 9.17) is 5.73 Å². The van der Waals surface area contributed by atoms with Gasteiger partial charge in [0, 0.05) is 58.7 Å². The lowest BCUT2D eigenvalue weighted by molar-refractivity contribution is -0.130. The summed E-state index contributed by atoms with van der Waals surface area (Å²) >= 11 is 0. The van der Waals surface area contributed by atoms with Gasteiger partial charge in [-0.2, -0.15) is 0 Å². The number of piperazine rings is 1. The van der Waals surface area contributed by atoms with Crippen LogP contribution in [0.4, 0.5) is 0 Å². The molecule has 6 nitrogen and oxygen atoms in total. The molecule has 1 saturated heterocycles. The van der Waals surface area contributed by atoms with Crippen LogP contribution in [-0.4, -0.2) is 66.9 Å². The second-order valence-electron chi connectivity index (χ2n) is 6.26. The second kappa shape index (κ2) is 7.75. The minimum atomic E-state index is 0.125. The number of hydrogen-bond donors (Lipinski definition) is 2. The second-order valence-corrected chi connectivity index (χ2v) is 6.26. The molecule has 0 aromatic heterocycles. The molecular weight excluding hydrogens is 268 g/mol. The van der Waals surface area contributed by atoms with E-state index in [1.165, 1.54) is 0 Å². The Morgan fingerprint density at radius 1 is 1.19 bits per heavy atom. The molecule has 0 aromatic carbocycles. The van der Waals surface area contributed by atoms with E-state index in [1.54, 1.807) is 6.92 Å². The van der Waals surface area contributed by atoms with Crippen LogP contribution in [0.5, 0.6) is 0 Å². The van der Waals surface area contributed by atoms with Crippen molar-refractivity contribution in [2.24, 2.45) is 11.7 Å². The maximum Gasteiger partial charge on any atom is 0.220 e. The maximum absolute atomic E-state index is 11.9. The largest absolute Gasteiger partial charge is 0.355 e. The molecule has 2 aliphatic rings. The zero-order valence-corrected chi connectivity index (χ0v) is 13.0. The van der Waals surface area contributed by atoms with Crippen molar-refractivity contribution in [3.8, 4) is 0 Å². The van der Waals surface area contributed by atoms with Crippen molar-refractivity contribution in [2.45, 2.75) is 38.6 Å². The third-order valence-electron chi connectivity index (χ3n) is 4.73. The van der Waals surface area contributed by atoms with Crippen molar-refractivity contribution >= 4 is 11.8 Å². The summed E-state index contributed by atoms with van der Waals surface area (Å²) in [7, 11) is 0. The Labute approximate surface area is 127 Å². The molecule has 0 bridgehead atoms. The molecule has 1 heterocycles. The molecule has 0 unspecified atom stereocenters. The molecule has 3 N–H and O–H groups in total. The molecule has 6 heteroatoms. The first-order valence-corrected chi connectivity index (χ1v) is 8.06. The van der Waals surface area contributed by atoms with Crippen LogP contribution in [0.1, 0.15) is 32.6 Å². The Morgan fingerprint density at radius 3 is 2.48 bits per heavy atom. The SMILES string of the molecule is CC(=O)N1CCN(CCNC(=O)C[C@@H]2CCC[C@H]2N)CC1. The topological polar surface area (TPSA) is 78.7 Å². The average Bonchev–Trinajstić information content (AvgIpc) is 2.85. The first-order chi connectivity index (χ1) is 10.1. The van der Waals surface area contributed by atoms with E-state index in [1.807, 2.05) is 4.90 Å². The molecule has 2 atom stereocenters. The summed E-state index contributed by atoms with van der Waals surface area (Å²) < 4.78 is 0. The van der Waals surface area contributed by atoms with Gasteiger partial charge < -0.3 is 16.0 Å². The van der Waals surface area contributed by atoms with Gasteiger partial charge in [0.05, 0.1) is 0 Å². The van der Waals surface area contributed by atoms with Crippen LogP contribution >= 0.6 is 0 Å². The summed E-state index contributed by atoms with van der Waals surface area (Å²) in [5.41, 5.74) is 5.99. The molecule has 0 spiro atoms. The lowest BCUT2D eigenvalue weighted by Crippen LogP contribution is -2.49. The molecule has 2 rings (SSSR count). The van der Waals surface area contributed by atoms with Gasteiger partial charge in [-0.1, -0.05) is 6.42 Å². The third kappa shape index (κ3) is 4.97. The number of carbonyl (C=O) groups excluding carboxylic acids is 2. The fourth-order valence-electron chi connectivity index (χ4n) is 3.27. The Bertz CT molecular complexity index is 367. The van der Waals surface area contributed by atoms with Gasteiger partial charge in [-0.05, 0) is 18.8 Å². The molecule has 1 saturated carbocycles. The lowest BCUT2D eigenvalue weighted by Gasteiger charge is -2.34. The minimum absolute atomic E-state index is 0.125. The molecule has 1 aliphatic heterocycles. The van der Waals surface area contributed by atoms with Gasteiger partial charge in [0.25, 0.3) is 0 Å². The van der Waals surface area contributed by atoms with Gasteiger partial charge in [-0.3, -0.25) is 14.5 Å². The zero-order valence-electron chi connectivity index (χ0n) is 13.0. The molecule has 120 valence electrons. The highest BCUT2D eigenvalue weighted by Gasteiger charge is 2.26. The Kier molecular flexibility index (Phi) is 5.99. The van der Waals surface area contributed by atoms with Gasteiger partial charge in [-0.25, -0.2) is 0 Å². The number of nitrogens with zero attached hydrogens (tertiary/aromatic N) is 2. The summed E-state index contributed by atoms with van der Waals surface area (Å²) in [6, 6.07) is 0.204. The molecule has 21 heavy (non-hydrogen) atoms. The maximum atomic E-state index is 11.9. The van der Waals surface area contributed by atoms with E-state index in [0.29, 0.717) is 18.9 Å². The number of carbonyl (C=O) groups is 2. The monoisotopic (exact) mass is 296 g/mol. The van der Waals surface area contributed by atoms with Gasteiger partial charge in [0.2, 0.25) is 11.8 Å². The van der Waals surface area contributed by atoms with Crippen LogP contribution in [-0.2, 0) is 9.59 Å². The Balaban J connectivity index is 1.57. The summed E-state index contributed by atoms with van der Waals surface area (Å²) in [5.74, 6) is 0.639. The first-order valence-electron chi connectivity index (χ1n) is 8.06. The average molecular weight is 296 g/mol. The van der Waals surface area contributed by atoms with Crippen LogP contribution in [0.2, 0.25) is 0 Å². The lowest BCUT2D eigenvalue weighted by atomic mass is 10.00. The van der Waals surface area contributed by atoms with E-state index in [-0.39, 0.29) is 17.9 Å². The van der Waals surface area contributed by atoms with Crippen molar-refractivity contribution in [3.63, 3.8) is 0 Å². The quantitative estimate of drug-likeness (QED) is 0.735. The highest BCUT2D eigenvalue weighted by molar-refractivity contribution is 5.76. The number of nitrogens with two attached hydrogens (primary N) is 1. The number of rotatable bonds is 5. The van der Waals surface area contributed by atoms with Crippen LogP contribution < -0.4 is 11.1 Å². The molecular formula is C15H28N4O2. The van der Waals surface area contributed by atoms with Crippen molar-refractivity contribution in [2.75, 3.05) is 39.3 Å².